The van der Waals surface area contributed by atoms with Crippen LogP contribution in [-0.4, -0.2) is 0 Å². The molecule has 0 bridgehead atoms. The van der Waals surface area contributed by atoms with E-state index >= 15 is 0 Å². The van der Waals surface area contributed by atoms with Crippen LogP contribution in [0.3, 0.4) is 0 Å². The van der Waals surface area contributed by atoms with Crippen molar-refractivity contribution in [1.82, 2.24) is 0 Å². The van der Waals surface area contributed by atoms with E-state index in [2.05, 4.69) is 187 Å². The molecule has 56 heavy (non-hydrogen) atoms. The first-order valence-corrected chi connectivity index (χ1v) is 20.5. The van der Waals surface area contributed by atoms with Gasteiger partial charge in [0.25, 0.3) is 0 Å². The van der Waals surface area contributed by atoms with Gasteiger partial charge in [-0.05, 0) is 167 Å². The van der Waals surface area contributed by atoms with Crippen molar-refractivity contribution >= 4 is 16.9 Å². The zero-order valence-electron chi connectivity index (χ0n) is 32.3. The molecular formula is C55H49N. The summed E-state index contributed by atoms with van der Waals surface area (Å²) >= 11 is 0. The summed E-state index contributed by atoms with van der Waals surface area (Å²) in [5.41, 5.74) is 21.3. The highest BCUT2D eigenvalue weighted by atomic mass is 15.1. The minimum absolute atomic E-state index is 0.816. The largest absolute Gasteiger partial charge is 0.311 e. The van der Waals surface area contributed by atoms with Crippen LogP contribution in [0.5, 0.6) is 0 Å². The van der Waals surface area contributed by atoms with Crippen molar-refractivity contribution in [2.45, 2.75) is 57.8 Å². The van der Waals surface area contributed by atoms with Crippen LogP contribution in [0.4, 0.5) is 11.4 Å². The number of fused-ring (bicyclic) bond motifs is 2. The average molecular weight is 724 g/mol. The summed E-state index contributed by atoms with van der Waals surface area (Å²) in [4.78, 5) is 2.38. The van der Waals surface area contributed by atoms with Crippen molar-refractivity contribution in [1.29, 1.82) is 0 Å². The summed E-state index contributed by atoms with van der Waals surface area (Å²) < 4.78 is 0. The van der Waals surface area contributed by atoms with Crippen LogP contribution in [0.15, 0.2) is 194 Å². The molecule has 3 aliphatic rings. The Hall–Kier alpha value is -6.18. The van der Waals surface area contributed by atoms with Crippen molar-refractivity contribution in [3.05, 3.63) is 222 Å². The molecule has 1 heteroatoms. The quantitative estimate of drug-likeness (QED) is 0.159. The SMILES string of the molecule is C=C1C=C(c2c3c(c(-c4ccccc4)c4c2CCCC4)CCCC3)/C=C\C/C=C(N(c2ccc(-c3ccccc3)cc2)c2ccc(-c3ccccc3)cc2)\C=C/1. The first-order chi connectivity index (χ1) is 27.7. The molecule has 0 atom stereocenters. The molecule has 0 heterocycles. The fraction of sp³-hybridized carbons (Fsp3) is 0.164. The van der Waals surface area contributed by atoms with Gasteiger partial charge in [-0.15, -0.1) is 0 Å². The molecule has 9 rings (SSSR count). The Kier molecular flexibility index (Phi) is 10.3. The molecule has 6 aromatic carbocycles. The van der Waals surface area contributed by atoms with Crippen LogP contribution in [0.1, 0.15) is 59.9 Å². The Morgan fingerprint density at radius 2 is 0.839 bits per heavy atom. The first-order valence-electron chi connectivity index (χ1n) is 20.5. The molecule has 0 saturated heterocycles. The first kappa shape index (κ1) is 35.5. The Morgan fingerprint density at radius 3 is 1.32 bits per heavy atom. The molecule has 0 saturated carbocycles. The molecule has 0 fully saturated rings. The molecule has 6 aromatic rings. The normalized spacial score (nSPS) is 17.4. The minimum Gasteiger partial charge on any atom is -0.311 e. The predicted octanol–water partition coefficient (Wildman–Crippen LogP) is 14.6. The number of hydrogen-bond acceptors (Lipinski definition) is 1. The van der Waals surface area contributed by atoms with Gasteiger partial charge in [-0.1, -0.05) is 146 Å². The Balaban J connectivity index is 1.10. The van der Waals surface area contributed by atoms with Gasteiger partial charge in [-0.25, -0.2) is 0 Å². The molecule has 0 aromatic heterocycles. The van der Waals surface area contributed by atoms with E-state index in [0.29, 0.717) is 0 Å². The zero-order chi connectivity index (χ0) is 37.7. The lowest BCUT2D eigenvalue weighted by Crippen LogP contribution is -2.17. The van der Waals surface area contributed by atoms with E-state index in [1.807, 2.05) is 0 Å². The third-order valence-electron chi connectivity index (χ3n) is 11.8. The van der Waals surface area contributed by atoms with Crippen LogP contribution in [0.25, 0.3) is 39.0 Å². The number of rotatable bonds is 7. The standard InChI is InChI=1S/C55H49N/c1-40-29-34-47(56(48-35-30-43(31-36-48)41-17-5-2-6-18-41)49-37-32-44(33-38-49)42-19-7-3-8-20-42)24-12-11-23-46(39-40)55-52-27-15-13-25-50(52)54(45-21-9-4-10-22-45)51-26-14-16-28-53(51)55/h2-11,17-24,29-39H,1,12-16,25-28H2/b23-11-,34-29-,46-39?,47-24+. The highest BCUT2D eigenvalue weighted by Gasteiger charge is 2.28. The van der Waals surface area contributed by atoms with E-state index in [9.17, 15) is 0 Å². The van der Waals surface area contributed by atoms with E-state index in [-0.39, 0.29) is 0 Å². The van der Waals surface area contributed by atoms with Gasteiger partial charge < -0.3 is 4.90 Å². The smallest absolute Gasteiger partial charge is 0.0461 e. The van der Waals surface area contributed by atoms with Gasteiger partial charge in [0.15, 0.2) is 0 Å². The Morgan fingerprint density at radius 1 is 0.411 bits per heavy atom. The van der Waals surface area contributed by atoms with Crippen LogP contribution < -0.4 is 4.90 Å². The number of benzene rings is 6. The Labute approximate surface area is 333 Å². The summed E-state index contributed by atoms with van der Waals surface area (Å²) in [6.07, 6.45) is 24.4. The van der Waals surface area contributed by atoms with E-state index in [1.54, 1.807) is 27.8 Å². The number of anilines is 2. The minimum atomic E-state index is 0.816. The molecule has 0 radical (unpaired) electrons. The summed E-state index contributed by atoms with van der Waals surface area (Å²) in [7, 11) is 0. The third-order valence-corrected chi connectivity index (χ3v) is 11.8. The van der Waals surface area contributed by atoms with E-state index in [4.69, 9.17) is 0 Å². The molecule has 0 aliphatic heterocycles. The number of hydrogen-bond donors (Lipinski definition) is 0. The van der Waals surface area contributed by atoms with E-state index < -0.39 is 0 Å². The van der Waals surface area contributed by atoms with Crippen molar-refractivity contribution in [3.8, 4) is 33.4 Å². The molecule has 274 valence electrons. The van der Waals surface area contributed by atoms with Crippen molar-refractivity contribution in [2.75, 3.05) is 4.90 Å². The van der Waals surface area contributed by atoms with Crippen LogP contribution in [0.2, 0.25) is 0 Å². The molecular weight excluding hydrogens is 675 g/mol. The maximum Gasteiger partial charge on any atom is 0.0461 e. The number of nitrogens with zero attached hydrogens (tertiary/aromatic N) is 1. The Bertz CT molecular complexity index is 2340. The third kappa shape index (κ3) is 7.30. The van der Waals surface area contributed by atoms with Gasteiger partial charge in [0.2, 0.25) is 0 Å². The molecule has 1 nitrogen and oxygen atoms in total. The molecule has 0 N–H and O–H groups in total. The van der Waals surface area contributed by atoms with Gasteiger partial charge >= 0.3 is 0 Å². The van der Waals surface area contributed by atoms with Crippen LogP contribution >= 0.6 is 0 Å². The van der Waals surface area contributed by atoms with Gasteiger partial charge in [0.05, 0.1) is 0 Å². The van der Waals surface area contributed by atoms with E-state index in [1.165, 1.54) is 64.6 Å². The number of allylic oxidation sites excluding steroid dienone is 8. The van der Waals surface area contributed by atoms with Gasteiger partial charge in [-0.2, -0.15) is 0 Å². The maximum atomic E-state index is 4.64. The lowest BCUT2D eigenvalue weighted by atomic mass is 9.72. The lowest BCUT2D eigenvalue weighted by Gasteiger charge is -2.32. The fourth-order valence-electron chi connectivity index (χ4n) is 9.16. The zero-order valence-corrected chi connectivity index (χ0v) is 32.3. The van der Waals surface area contributed by atoms with Gasteiger partial charge in [-0.3, -0.25) is 0 Å². The van der Waals surface area contributed by atoms with Crippen LogP contribution in [-0.2, 0) is 25.7 Å². The second-order valence-electron chi connectivity index (χ2n) is 15.4. The second-order valence-corrected chi connectivity index (χ2v) is 15.4. The summed E-state index contributed by atoms with van der Waals surface area (Å²) in [6, 6.07) is 50.4. The summed E-state index contributed by atoms with van der Waals surface area (Å²) in [5.74, 6) is 0. The van der Waals surface area contributed by atoms with Gasteiger partial charge in [0.1, 0.15) is 0 Å². The highest BCUT2D eigenvalue weighted by Crippen LogP contribution is 2.45. The van der Waals surface area contributed by atoms with E-state index in [0.717, 1.165) is 54.7 Å². The maximum absolute atomic E-state index is 4.64. The summed E-state index contributed by atoms with van der Waals surface area (Å²) in [6.45, 7) is 4.64. The van der Waals surface area contributed by atoms with Gasteiger partial charge in [0, 0.05) is 17.1 Å². The monoisotopic (exact) mass is 723 g/mol. The second kappa shape index (κ2) is 16.3. The molecule has 0 unspecified atom stereocenters. The molecule has 0 spiro atoms. The van der Waals surface area contributed by atoms with Crippen molar-refractivity contribution in [2.24, 2.45) is 0 Å². The average Bonchev–Trinajstić information content (AvgIpc) is 3.27. The summed E-state index contributed by atoms with van der Waals surface area (Å²) in [5, 5.41) is 0. The van der Waals surface area contributed by atoms with Crippen LogP contribution in [0, 0.1) is 0 Å². The van der Waals surface area contributed by atoms with Crippen molar-refractivity contribution in [3.63, 3.8) is 0 Å². The van der Waals surface area contributed by atoms with Crippen molar-refractivity contribution < 1.29 is 0 Å². The molecule has 0 amide bonds. The fourth-order valence-corrected chi connectivity index (χ4v) is 9.16. The topological polar surface area (TPSA) is 3.24 Å². The predicted molar refractivity (Wildman–Crippen MR) is 239 cm³/mol. The molecule has 3 aliphatic carbocycles. The lowest BCUT2D eigenvalue weighted by molar-refractivity contribution is 0.658. The highest BCUT2D eigenvalue weighted by molar-refractivity contribution is 5.87.